The first kappa shape index (κ1) is 27.4. The topological polar surface area (TPSA) is 138 Å². The van der Waals surface area contributed by atoms with Crippen LogP contribution in [0.5, 0.6) is 0 Å². The number of ether oxygens (including phenoxy) is 2. The molecule has 0 bridgehead atoms. The molecule has 10 nitrogen and oxygen atoms in total. The van der Waals surface area contributed by atoms with Crippen LogP contribution in [0.3, 0.4) is 0 Å². The average molecular weight is 529 g/mol. The van der Waals surface area contributed by atoms with Crippen LogP contribution in [0.4, 0.5) is 5.69 Å². The van der Waals surface area contributed by atoms with E-state index in [1.165, 1.54) is 4.57 Å². The van der Waals surface area contributed by atoms with E-state index in [0.717, 1.165) is 24.0 Å². The number of esters is 2. The zero-order valence-electron chi connectivity index (χ0n) is 22.4. The second-order valence-corrected chi connectivity index (χ2v) is 9.06. The van der Waals surface area contributed by atoms with Crippen molar-refractivity contribution in [3.05, 3.63) is 65.0 Å². The summed E-state index contributed by atoms with van der Waals surface area (Å²) < 4.78 is 13.6. The Morgan fingerprint density at radius 1 is 1.10 bits per heavy atom. The normalized spacial score (nSPS) is 10.9. The molecule has 39 heavy (non-hydrogen) atoms. The van der Waals surface area contributed by atoms with E-state index < -0.39 is 11.9 Å². The summed E-state index contributed by atoms with van der Waals surface area (Å²) in [5.74, 6) is -1.24. The van der Waals surface area contributed by atoms with Gasteiger partial charge in [-0.1, -0.05) is 48.9 Å². The average Bonchev–Trinajstić information content (AvgIpc) is 3.49. The number of hydrogen-bond donors (Lipinski definition) is 1. The van der Waals surface area contributed by atoms with Gasteiger partial charge >= 0.3 is 11.9 Å². The molecule has 0 saturated carbocycles. The lowest BCUT2D eigenvalue weighted by Crippen LogP contribution is -2.20. The van der Waals surface area contributed by atoms with E-state index in [1.807, 2.05) is 36.4 Å². The largest absolute Gasteiger partial charge is 0.465 e. The highest BCUT2D eigenvalue weighted by Gasteiger charge is 2.29. The van der Waals surface area contributed by atoms with Crippen LogP contribution < -0.4 is 5.73 Å². The van der Waals surface area contributed by atoms with E-state index in [0.29, 0.717) is 35.1 Å². The van der Waals surface area contributed by atoms with Gasteiger partial charge in [0.25, 0.3) is 0 Å². The molecule has 4 rings (SSSR count). The number of nitrogens with two attached hydrogens (primary N) is 1. The molecule has 10 heteroatoms. The Balaban J connectivity index is 1.97. The highest BCUT2D eigenvalue weighted by atomic mass is 16.5. The second-order valence-electron chi connectivity index (χ2n) is 9.06. The van der Waals surface area contributed by atoms with Crippen LogP contribution in [0.2, 0.25) is 0 Å². The van der Waals surface area contributed by atoms with Crippen molar-refractivity contribution in [2.75, 3.05) is 18.9 Å². The number of carbonyl (C=O) groups is 2. The van der Waals surface area contributed by atoms with Gasteiger partial charge in [0.2, 0.25) is 0 Å². The summed E-state index contributed by atoms with van der Waals surface area (Å²) in [6.45, 7) is 5.98. The molecule has 2 aromatic heterocycles. The number of benzene rings is 2. The maximum atomic E-state index is 13.0. The third-order valence-corrected chi connectivity index (χ3v) is 6.42. The number of nitriles is 1. The van der Waals surface area contributed by atoms with Gasteiger partial charge in [-0.05, 0) is 43.9 Å². The van der Waals surface area contributed by atoms with E-state index in [-0.39, 0.29) is 36.7 Å². The lowest BCUT2D eigenvalue weighted by Gasteiger charge is -2.14. The molecule has 202 valence electrons. The van der Waals surface area contributed by atoms with Gasteiger partial charge in [0.15, 0.2) is 5.69 Å². The Kier molecular flexibility index (Phi) is 8.61. The molecule has 0 fully saturated rings. The number of nitrogens with zero attached hydrogens (tertiary/aromatic N) is 5. The maximum Gasteiger partial charge on any atom is 0.357 e. The number of fused-ring (bicyclic) bond motifs is 1. The van der Waals surface area contributed by atoms with Gasteiger partial charge in [-0.25, -0.2) is 9.48 Å². The molecule has 2 heterocycles. The van der Waals surface area contributed by atoms with Crippen molar-refractivity contribution in [1.29, 1.82) is 5.26 Å². The van der Waals surface area contributed by atoms with Gasteiger partial charge < -0.3 is 19.8 Å². The van der Waals surface area contributed by atoms with Crippen molar-refractivity contribution >= 4 is 28.5 Å². The number of unbranched alkanes of at least 4 members (excludes halogenated alkanes) is 1. The summed E-state index contributed by atoms with van der Waals surface area (Å²) in [5, 5.41) is 19.7. The third kappa shape index (κ3) is 5.62. The fourth-order valence-corrected chi connectivity index (χ4v) is 4.74. The maximum absolute atomic E-state index is 13.0. The van der Waals surface area contributed by atoms with Crippen molar-refractivity contribution in [1.82, 2.24) is 19.6 Å². The first-order valence-corrected chi connectivity index (χ1v) is 13.1. The first-order valence-electron chi connectivity index (χ1n) is 13.1. The number of rotatable bonds is 11. The predicted molar refractivity (Wildman–Crippen MR) is 147 cm³/mol. The molecule has 2 N–H and O–H groups in total. The van der Waals surface area contributed by atoms with Crippen LogP contribution in [0.25, 0.3) is 22.2 Å². The van der Waals surface area contributed by atoms with Gasteiger partial charge in [0.05, 0.1) is 42.7 Å². The number of aromatic nitrogens is 4. The quantitative estimate of drug-likeness (QED) is 0.281. The number of hydrogen-bond acceptors (Lipinski definition) is 8. The number of nitrogen functional groups attached to an aromatic ring is 1. The Bertz CT molecular complexity index is 1530. The first-order chi connectivity index (χ1) is 18.9. The zero-order valence-corrected chi connectivity index (χ0v) is 22.4. The van der Waals surface area contributed by atoms with Gasteiger partial charge in [-0.2, -0.15) is 5.26 Å². The van der Waals surface area contributed by atoms with Gasteiger partial charge in [-0.3, -0.25) is 4.79 Å². The number of anilines is 1. The van der Waals surface area contributed by atoms with Crippen molar-refractivity contribution in [2.45, 2.75) is 53.1 Å². The summed E-state index contributed by atoms with van der Waals surface area (Å²) in [6, 6.07) is 14.1. The van der Waals surface area contributed by atoms with Crippen LogP contribution in [-0.2, 0) is 33.8 Å². The molecular formula is C29H32N6O4. The van der Waals surface area contributed by atoms with E-state index in [1.54, 1.807) is 24.7 Å². The summed E-state index contributed by atoms with van der Waals surface area (Å²) in [7, 11) is 0. The van der Waals surface area contributed by atoms with Gasteiger partial charge in [0.1, 0.15) is 18.3 Å². The lowest BCUT2D eigenvalue weighted by atomic mass is 9.93. The standard InChI is InChI=1S/C29H32N6O4/c1-4-7-13-20-14-21-26(31)28(29(37)39-6-3)35(18-24(36)38-5-2)27(21)22(15-30)25(20)23-17-34(33-32-23)16-19-11-9-8-10-12-19/h8-12,14,17H,4-7,13,16,18,31H2,1-3H3. The van der Waals surface area contributed by atoms with Crippen molar-refractivity contribution in [3.8, 4) is 17.3 Å². The molecule has 0 radical (unpaired) electrons. The Morgan fingerprint density at radius 2 is 1.85 bits per heavy atom. The fraction of sp³-hybridized carbons (Fsp3) is 0.345. The smallest absolute Gasteiger partial charge is 0.357 e. The van der Waals surface area contributed by atoms with Crippen LogP contribution in [0.1, 0.15) is 60.8 Å². The molecule has 0 atom stereocenters. The molecule has 2 aromatic carbocycles. The molecule has 0 aliphatic carbocycles. The molecule has 0 saturated heterocycles. The zero-order chi connectivity index (χ0) is 27.9. The summed E-state index contributed by atoms with van der Waals surface area (Å²) in [6.07, 6.45) is 4.28. The highest BCUT2D eigenvalue weighted by molar-refractivity contribution is 6.10. The molecule has 4 aromatic rings. The van der Waals surface area contributed by atoms with Crippen molar-refractivity contribution < 1.29 is 19.1 Å². The fourth-order valence-electron chi connectivity index (χ4n) is 4.74. The molecular weight excluding hydrogens is 496 g/mol. The minimum absolute atomic E-state index is 0.0164. The second kappa shape index (κ2) is 12.3. The summed E-state index contributed by atoms with van der Waals surface area (Å²) in [5.41, 5.74) is 10.4. The van der Waals surface area contributed by atoms with Crippen LogP contribution in [-0.4, -0.2) is 44.7 Å². The number of aryl methyl sites for hydroxylation is 1. The van der Waals surface area contributed by atoms with Crippen molar-refractivity contribution in [2.24, 2.45) is 0 Å². The summed E-state index contributed by atoms with van der Waals surface area (Å²) >= 11 is 0. The molecule has 0 aliphatic heterocycles. The van der Waals surface area contributed by atoms with E-state index in [2.05, 4.69) is 23.3 Å². The predicted octanol–water partition coefficient (Wildman–Crippen LogP) is 4.48. The minimum atomic E-state index is -0.676. The molecule has 0 unspecified atom stereocenters. The number of carbonyl (C=O) groups excluding carboxylic acids is 2. The SMILES string of the molecule is CCCCc1cc2c(N)c(C(=O)OCC)n(CC(=O)OCC)c2c(C#N)c1-c1cn(Cc2ccccc2)nn1. The lowest BCUT2D eigenvalue weighted by molar-refractivity contribution is -0.143. The van der Waals surface area contributed by atoms with E-state index in [9.17, 15) is 14.9 Å². The van der Waals surface area contributed by atoms with Gasteiger partial charge in [-0.15, -0.1) is 5.10 Å². The van der Waals surface area contributed by atoms with E-state index >= 15 is 0 Å². The highest BCUT2D eigenvalue weighted by Crippen LogP contribution is 2.39. The Morgan fingerprint density at radius 3 is 2.51 bits per heavy atom. The van der Waals surface area contributed by atoms with Crippen LogP contribution >= 0.6 is 0 Å². The molecule has 0 aliphatic rings. The minimum Gasteiger partial charge on any atom is -0.465 e. The molecule has 0 spiro atoms. The third-order valence-electron chi connectivity index (χ3n) is 6.42. The monoisotopic (exact) mass is 528 g/mol. The van der Waals surface area contributed by atoms with Gasteiger partial charge in [0, 0.05) is 10.9 Å². The Hall–Kier alpha value is -4.65. The van der Waals surface area contributed by atoms with Crippen LogP contribution in [0.15, 0.2) is 42.6 Å². The van der Waals surface area contributed by atoms with E-state index in [4.69, 9.17) is 15.2 Å². The van der Waals surface area contributed by atoms with Crippen molar-refractivity contribution in [3.63, 3.8) is 0 Å². The molecule has 0 amide bonds. The van der Waals surface area contributed by atoms with Crippen LogP contribution in [0, 0.1) is 11.3 Å². The Labute approximate surface area is 226 Å². The summed E-state index contributed by atoms with van der Waals surface area (Å²) in [4.78, 5) is 25.6.